The maximum Gasteiger partial charge on any atom is 0.307 e. The van der Waals surface area contributed by atoms with Crippen molar-refractivity contribution in [3.05, 3.63) is 12.2 Å². The molecular weight excluding hydrogens is 188 g/mol. The number of carbonyl (C=O) groups is 1. The van der Waals surface area contributed by atoms with Gasteiger partial charge in [-0.3, -0.25) is 4.79 Å². The van der Waals surface area contributed by atoms with Gasteiger partial charge < -0.3 is 5.11 Å². The van der Waals surface area contributed by atoms with Gasteiger partial charge in [0.25, 0.3) is 0 Å². The van der Waals surface area contributed by atoms with Crippen molar-refractivity contribution in [2.75, 3.05) is 0 Å². The lowest BCUT2D eigenvalue weighted by molar-refractivity contribution is -0.139. The molecule has 2 nitrogen and oxygen atoms in total. The molecule has 2 unspecified atom stereocenters. The molecule has 0 aromatic heterocycles. The first-order valence-corrected chi connectivity index (χ1v) is 5.91. The van der Waals surface area contributed by atoms with Crippen LogP contribution in [0.1, 0.15) is 46.5 Å². The Labute approximate surface area is 92.4 Å². The molecule has 1 fully saturated rings. The molecule has 1 saturated carbocycles. The highest BCUT2D eigenvalue weighted by Crippen LogP contribution is 2.59. The molecule has 1 aliphatic carbocycles. The maximum absolute atomic E-state index is 10.9. The fourth-order valence-electron chi connectivity index (χ4n) is 2.26. The van der Waals surface area contributed by atoms with Gasteiger partial charge in [-0.2, -0.15) is 0 Å². The third-order valence-corrected chi connectivity index (χ3v) is 3.49. The van der Waals surface area contributed by atoms with Crippen LogP contribution in [0, 0.1) is 17.3 Å². The average molecular weight is 210 g/mol. The largest absolute Gasteiger partial charge is 0.481 e. The zero-order valence-corrected chi connectivity index (χ0v) is 9.99. The fraction of sp³-hybridized carbons (Fsp3) is 0.769. The van der Waals surface area contributed by atoms with Crippen LogP contribution in [0.15, 0.2) is 12.2 Å². The number of carboxylic acids is 1. The van der Waals surface area contributed by atoms with E-state index in [1.807, 2.05) is 13.8 Å². The van der Waals surface area contributed by atoms with Crippen molar-refractivity contribution >= 4 is 5.97 Å². The van der Waals surface area contributed by atoms with Crippen molar-refractivity contribution < 1.29 is 9.90 Å². The van der Waals surface area contributed by atoms with Gasteiger partial charge in [-0.15, -0.1) is 0 Å². The van der Waals surface area contributed by atoms with Crippen LogP contribution in [0.2, 0.25) is 0 Å². The standard InChI is InChI=1S/C13H22O2/c1-4-5-6-7-8-9-10-11(12(14)15)13(10,2)3/h8-11H,4-7H2,1-3H3,(H,14,15). The summed E-state index contributed by atoms with van der Waals surface area (Å²) >= 11 is 0. The Hall–Kier alpha value is -0.790. The highest BCUT2D eigenvalue weighted by Gasteiger charge is 2.60. The minimum Gasteiger partial charge on any atom is -0.481 e. The van der Waals surface area contributed by atoms with Crippen LogP contribution in [-0.4, -0.2) is 11.1 Å². The van der Waals surface area contributed by atoms with Crippen LogP contribution in [0.25, 0.3) is 0 Å². The fourth-order valence-corrected chi connectivity index (χ4v) is 2.26. The summed E-state index contributed by atoms with van der Waals surface area (Å²) in [4.78, 5) is 10.9. The first kappa shape index (κ1) is 12.3. The van der Waals surface area contributed by atoms with E-state index in [2.05, 4.69) is 19.1 Å². The van der Waals surface area contributed by atoms with E-state index < -0.39 is 5.97 Å². The Morgan fingerprint density at radius 1 is 1.40 bits per heavy atom. The minimum atomic E-state index is -0.650. The first-order chi connectivity index (χ1) is 7.01. The van der Waals surface area contributed by atoms with Gasteiger partial charge in [0.2, 0.25) is 0 Å². The molecule has 0 aromatic carbocycles. The van der Waals surface area contributed by atoms with Gasteiger partial charge in [0.05, 0.1) is 5.92 Å². The molecule has 0 heterocycles. The summed E-state index contributed by atoms with van der Waals surface area (Å²) in [5, 5.41) is 8.97. The van der Waals surface area contributed by atoms with Crippen molar-refractivity contribution in [3.63, 3.8) is 0 Å². The molecule has 1 N–H and O–H groups in total. The van der Waals surface area contributed by atoms with Crippen LogP contribution in [-0.2, 0) is 4.79 Å². The van der Waals surface area contributed by atoms with Crippen molar-refractivity contribution in [2.45, 2.75) is 46.5 Å². The SMILES string of the molecule is CCCCCC=CC1C(C(=O)O)C1(C)C. The van der Waals surface area contributed by atoms with Crippen LogP contribution >= 0.6 is 0 Å². The molecule has 0 aromatic rings. The van der Waals surface area contributed by atoms with E-state index in [-0.39, 0.29) is 17.3 Å². The van der Waals surface area contributed by atoms with Gasteiger partial charge >= 0.3 is 5.97 Å². The molecule has 0 aliphatic heterocycles. The number of rotatable bonds is 6. The highest BCUT2D eigenvalue weighted by atomic mass is 16.4. The number of unbranched alkanes of at least 4 members (excludes halogenated alkanes) is 3. The zero-order valence-electron chi connectivity index (χ0n) is 9.99. The Balaban J connectivity index is 2.31. The third kappa shape index (κ3) is 2.83. The topological polar surface area (TPSA) is 37.3 Å². The monoisotopic (exact) mass is 210 g/mol. The van der Waals surface area contributed by atoms with E-state index in [0.717, 1.165) is 6.42 Å². The lowest BCUT2D eigenvalue weighted by atomic mass is 10.1. The van der Waals surface area contributed by atoms with Gasteiger partial charge in [0.15, 0.2) is 0 Å². The molecule has 0 spiro atoms. The highest BCUT2D eigenvalue weighted by molar-refractivity contribution is 5.76. The van der Waals surface area contributed by atoms with Crippen molar-refractivity contribution in [1.82, 2.24) is 0 Å². The second-order valence-corrected chi connectivity index (χ2v) is 5.09. The van der Waals surface area contributed by atoms with E-state index in [1.165, 1.54) is 19.3 Å². The Morgan fingerprint density at radius 2 is 2.07 bits per heavy atom. The average Bonchev–Trinajstić information content (AvgIpc) is 2.68. The summed E-state index contributed by atoms with van der Waals surface area (Å²) in [5.74, 6) is -0.570. The van der Waals surface area contributed by atoms with Crippen LogP contribution < -0.4 is 0 Å². The molecule has 0 radical (unpaired) electrons. The van der Waals surface area contributed by atoms with E-state index in [9.17, 15) is 4.79 Å². The second-order valence-electron chi connectivity index (χ2n) is 5.09. The Bertz CT molecular complexity index is 253. The van der Waals surface area contributed by atoms with Gasteiger partial charge in [0.1, 0.15) is 0 Å². The Kier molecular flexibility index (Phi) is 3.95. The molecule has 0 saturated heterocycles. The summed E-state index contributed by atoms with van der Waals surface area (Å²) in [6.45, 7) is 6.26. The molecule has 0 bridgehead atoms. The van der Waals surface area contributed by atoms with Crippen molar-refractivity contribution in [2.24, 2.45) is 17.3 Å². The number of aliphatic carboxylic acids is 1. The molecule has 2 heteroatoms. The van der Waals surface area contributed by atoms with E-state index >= 15 is 0 Å². The molecule has 2 atom stereocenters. The smallest absolute Gasteiger partial charge is 0.307 e. The van der Waals surface area contributed by atoms with Crippen LogP contribution in [0.3, 0.4) is 0 Å². The lowest BCUT2D eigenvalue weighted by Crippen LogP contribution is -2.02. The molecule has 0 amide bonds. The third-order valence-electron chi connectivity index (χ3n) is 3.49. The molecule has 1 aliphatic rings. The molecule has 1 rings (SSSR count). The lowest BCUT2D eigenvalue weighted by Gasteiger charge is -1.96. The van der Waals surface area contributed by atoms with Gasteiger partial charge in [-0.1, -0.05) is 45.8 Å². The van der Waals surface area contributed by atoms with E-state index in [4.69, 9.17) is 5.11 Å². The summed E-state index contributed by atoms with van der Waals surface area (Å²) in [6, 6.07) is 0. The number of hydrogen-bond acceptors (Lipinski definition) is 1. The van der Waals surface area contributed by atoms with Crippen molar-refractivity contribution in [3.8, 4) is 0 Å². The predicted octanol–water partition coefficient (Wildman–Crippen LogP) is 3.48. The minimum absolute atomic E-state index is 0.0346. The summed E-state index contributed by atoms with van der Waals surface area (Å²) in [5.41, 5.74) is -0.0346. The number of allylic oxidation sites excluding steroid dienone is 2. The van der Waals surface area contributed by atoms with Crippen molar-refractivity contribution in [1.29, 1.82) is 0 Å². The predicted molar refractivity (Wildman–Crippen MR) is 61.7 cm³/mol. The second kappa shape index (κ2) is 4.82. The number of hydrogen-bond donors (Lipinski definition) is 1. The molecule has 15 heavy (non-hydrogen) atoms. The van der Waals surface area contributed by atoms with E-state index in [1.54, 1.807) is 0 Å². The summed E-state index contributed by atoms with van der Waals surface area (Å²) in [7, 11) is 0. The summed E-state index contributed by atoms with van der Waals surface area (Å²) in [6.07, 6.45) is 9.07. The van der Waals surface area contributed by atoms with Crippen LogP contribution in [0.5, 0.6) is 0 Å². The van der Waals surface area contributed by atoms with E-state index in [0.29, 0.717) is 0 Å². The van der Waals surface area contributed by atoms with Gasteiger partial charge in [-0.05, 0) is 24.2 Å². The maximum atomic E-state index is 10.9. The van der Waals surface area contributed by atoms with Gasteiger partial charge in [0, 0.05) is 0 Å². The summed E-state index contributed by atoms with van der Waals surface area (Å²) < 4.78 is 0. The zero-order chi connectivity index (χ0) is 11.5. The molecule has 86 valence electrons. The number of carboxylic acid groups (broad SMARTS) is 1. The quantitative estimate of drug-likeness (QED) is 0.538. The molecular formula is C13H22O2. The normalized spacial score (nSPS) is 28.2. The van der Waals surface area contributed by atoms with Gasteiger partial charge in [-0.25, -0.2) is 0 Å². The van der Waals surface area contributed by atoms with Crippen LogP contribution in [0.4, 0.5) is 0 Å². The Morgan fingerprint density at radius 3 is 2.53 bits per heavy atom. The first-order valence-electron chi connectivity index (χ1n) is 5.91.